The zero-order chi connectivity index (χ0) is 17.3. The van der Waals surface area contributed by atoms with Crippen molar-refractivity contribution in [1.82, 2.24) is 5.32 Å². The van der Waals surface area contributed by atoms with Crippen molar-refractivity contribution in [3.8, 4) is 11.5 Å². The van der Waals surface area contributed by atoms with E-state index in [1.807, 2.05) is 20.8 Å². The van der Waals surface area contributed by atoms with Gasteiger partial charge in [-0.15, -0.1) is 0 Å². The quantitative estimate of drug-likeness (QED) is 0.832. The molecular weight excluding hydrogens is 301 g/mol. The molecule has 6 heteroatoms. The number of carbonyl (C=O) groups is 1. The summed E-state index contributed by atoms with van der Waals surface area (Å²) in [5, 5.41) is 12.7. The van der Waals surface area contributed by atoms with Crippen LogP contribution in [0.5, 0.6) is 11.5 Å². The highest BCUT2D eigenvalue weighted by atomic mass is 19.1. The molecule has 1 saturated heterocycles. The molecule has 1 aliphatic rings. The Morgan fingerprint density at radius 2 is 2.17 bits per heavy atom. The molecule has 0 amide bonds. The van der Waals surface area contributed by atoms with E-state index in [1.165, 1.54) is 12.1 Å². The number of phenolic OH excluding ortho intramolecular Hbond substituents is 1. The number of benzene rings is 1. The summed E-state index contributed by atoms with van der Waals surface area (Å²) in [6, 6.07) is 3.81. The summed E-state index contributed by atoms with van der Waals surface area (Å²) in [6.07, 6.45) is 2.29. The molecule has 0 aliphatic carbocycles. The van der Waals surface area contributed by atoms with E-state index in [0.717, 1.165) is 32.0 Å². The van der Waals surface area contributed by atoms with Crippen LogP contribution in [0, 0.1) is 11.7 Å². The van der Waals surface area contributed by atoms with Gasteiger partial charge >= 0.3 is 0 Å². The first-order valence-corrected chi connectivity index (χ1v) is 7.75. The summed E-state index contributed by atoms with van der Waals surface area (Å²) in [4.78, 5) is 9.60. The lowest BCUT2D eigenvalue weighted by Crippen LogP contribution is -2.33. The largest absolute Gasteiger partial charge is 0.504 e. The van der Waals surface area contributed by atoms with Gasteiger partial charge in [-0.05, 0) is 52.3 Å². The molecule has 0 spiro atoms. The highest BCUT2D eigenvalue weighted by Gasteiger charge is 2.14. The zero-order valence-corrected chi connectivity index (χ0v) is 14.0. The van der Waals surface area contributed by atoms with Crippen molar-refractivity contribution < 1.29 is 23.8 Å². The molecule has 0 radical (unpaired) electrons. The summed E-state index contributed by atoms with van der Waals surface area (Å²) < 4.78 is 22.7. The minimum Gasteiger partial charge on any atom is -0.504 e. The van der Waals surface area contributed by atoms with Gasteiger partial charge in [0.25, 0.3) is 6.47 Å². The van der Waals surface area contributed by atoms with Crippen molar-refractivity contribution in [3.63, 3.8) is 0 Å². The van der Waals surface area contributed by atoms with Gasteiger partial charge in [0.2, 0.25) is 0 Å². The summed E-state index contributed by atoms with van der Waals surface area (Å²) >= 11 is 0. The molecule has 1 heterocycles. The maximum absolute atomic E-state index is 12.7. The normalized spacial score (nSPS) is 17.7. The van der Waals surface area contributed by atoms with Crippen molar-refractivity contribution >= 4 is 6.47 Å². The molecular formula is C17H26FNO4. The number of hydrogen-bond acceptors (Lipinski definition) is 5. The number of piperidine rings is 1. The van der Waals surface area contributed by atoms with Crippen LogP contribution in [0.4, 0.5) is 4.39 Å². The third-order valence-electron chi connectivity index (χ3n) is 3.20. The van der Waals surface area contributed by atoms with Crippen LogP contribution in [0.25, 0.3) is 0 Å². The molecule has 23 heavy (non-hydrogen) atoms. The molecule has 0 saturated carbocycles. The van der Waals surface area contributed by atoms with E-state index < -0.39 is 5.82 Å². The number of ether oxygens (including phenoxy) is 2. The van der Waals surface area contributed by atoms with Gasteiger partial charge in [-0.25, -0.2) is 4.39 Å². The maximum Gasteiger partial charge on any atom is 0.293 e. The Labute approximate surface area is 136 Å². The van der Waals surface area contributed by atoms with Gasteiger partial charge in [0.05, 0.1) is 6.61 Å². The topological polar surface area (TPSA) is 67.8 Å². The molecule has 0 aromatic heterocycles. The second kappa shape index (κ2) is 9.35. The average molecular weight is 327 g/mol. The average Bonchev–Trinajstić information content (AvgIpc) is 2.47. The van der Waals surface area contributed by atoms with Gasteiger partial charge in [-0.2, -0.15) is 0 Å². The predicted octanol–water partition coefficient (Wildman–Crippen LogP) is 2.87. The molecule has 2 rings (SSSR count). The van der Waals surface area contributed by atoms with Crippen LogP contribution in [-0.2, 0) is 9.53 Å². The van der Waals surface area contributed by atoms with Crippen LogP contribution in [0.2, 0.25) is 0 Å². The minimum absolute atomic E-state index is 0.135. The van der Waals surface area contributed by atoms with Crippen LogP contribution in [0.15, 0.2) is 18.2 Å². The highest BCUT2D eigenvalue weighted by Crippen LogP contribution is 2.27. The molecule has 2 N–H and O–H groups in total. The zero-order valence-electron chi connectivity index (χ0n) is 14.0. The fraction of sp³-hybridized carbons (Fsp3) is 0.588. The molecule has 1 aromatic carbocycles. The number of nitrogens with one attached hydrogen (secondary N) is 1. The van der Waals surface area contributed by atoms with Gasteiger partial charge < -0.3 is 19.9 Å². The first-order valence-electron chi connectivity index (χ1n) is 7.75. The third-order valence-corrected chi connectivity index (χ3v) is 3.20. The fourth-order valence-electron chi connectivity index (χ4n) is 2.03. The summed E-state index contributed by atoms with van der Waals surface area (Å²) in [6.45, 7) is 8.50. The van der Waals surface area contributed by atoms with E-state index in [0.29, 0.717) is 24.7 Å². The number of carbonyl (C=O) groups excluding carboxylic acids is 1. The lowest BCUT2D eigenvalue weighted by Gasteiger charge is -2.22. The maximum atomic E-state index is 12.7. The first-order chi connectivity index (χ1) is 10.8. The highest BCUT2D eigenvalue weighted by molar-refractivity contribution is 5.38. The second-order valence-electron chi connectivity index (χ2n) is 6.46. The second-order valence-corrected chi connectivity index (χ2v) is 6.46. The van der Waals surface area contributed by atoms with Gasteiger partial charge in [-0.1, -0.05) is 0 Å². The van der Waals surface area contributed by atoms with Crippen LogP contribution in [0.3, 0.4) is 0 Å². The number of aromatic hydroxyl groups is 1. The number of rotatable bonds is 4. The molecule has 130 valence electrons. The fourth-order valence-corrected chi connectivity index (χ4v) is 2.03. The molecule has 0 bridgehead atoms. The van der Waals surface area contributed by atoms with Crippen LogP contribution in [0.1, 0.15) is 33.6 Å². The summed E-state index contributed by atoms with van der Waals surface area (Å²) in [7, 11) is 0. The van der Waals surface area contributed by atoms with E-state index in [-0.39, 0.29) is 11.4 Å². The van der Waals surface area contributed by atoms with Gasteiger partial charge in [-0.3, -0.25) is 4.79 Å². The summed E-state index contributed by atoms with van der Waals surface area (Å²) in [5.74, 6) is 0.234. The monoisotopic (exact) mass is 327 g/mol. The van der Waals surface area contributed by atoms with E-state index in [4.69, 9.17) is 4.74 Å². The molecule has 1 unspecified atom stereocenters. The number of hydrogen-bond donors (Lipinski definition) is 2. The Balaban J connectivity index is 0.000000322. The molecule has 1 fully saturated rings. The standard InChI is InChI=1S/C12H16FNO2.C5H10O2/c13-10-3-4-12(11(15)6-10)16-8-9-2-1-5-14-7-9;1-5(2,3)7-4-6/h3-4,6,9,14-15H,1-2,5,7-8H2;4H,1-3H3. The van der Waals surface area contributed by atoms with Crippen LogP contribution >= 0.6 is 0 Å². The Morgan fingerprint density at radius 1 is 1.43 bits per heavy atom. The van der Waals surface area contributed by atoms with Gasteiger partial charge in [0.15, 0.2) is 11.5 Å². The number of halogens is 1. The minimum atomic E-state index is -0.454. The van der Waals surface area contributed by atoms with E-state index in [9.17, 15) is 14.3 Å². The first kappa shape index (κ1) is 19.2. The van der Waals surface area contributed by atoms with Gasteiger partial charge in [0, 0.05) is 18.5 Å². The Kier molecular flexibility index (Phi) is 7.81. The van der Waals surface area contributed by atoms with Crippen molar-refractivity contribution in [1.29, 1.82) is 0 Å². The molecule has 1 atom stereocenters. The summed E-state index contributed by atoms with van der Waals surface area (Å²) in [5.41, 5.74) is -0.318. The van der Waals surface area contributed by atoms with Crippen molar-refractivity contribution in [2.45, 2.75) is 39.2 Å². The van der Waals surface area contributed by atoms with Crippen molar-refractivity contribution in [2.24, 2.45) is 5.92 Å². The SMILES string of the molecule is CC(C)(C)OC=O.Oc1cc(F)ccc1OCC1CCCNC1. The molecule has 1 aliphatic heterocycles. The van der Waals surface area contributed by atoms with Crippen molar-refractivity contribution in [3.05, 3.63) is 24.0 Å². The van der Waals surface area contributed by atoms with Crippen LogP contribution < -0.4 is 10.1 Å². The molecule has 1 aromatic rings. The van der Waals surface area contributed by atoms with Crippen molar-refractivity contribution in [2.75, 3.05) is 19.7 Å². The Bertz CT molecular complexity index is 482. The lowest BCUT2D eigenvalue weighted by atomic mass is 10.0. The van der Waals surface area contributed by atoms with Gasteiger partial charge in [0.1, 0.15) is 11.4 Å². The van der Waals surface area contributed by atoms with E-state index >= 15 is 0 Å². The van der Waals surface area contributed by atoms with E-state index in [2.05, 4.69) is 10.1 Å². The number of phenols is 1. The third kappa shape index (κ3) is 8.40. The smallest absolute Gasteiger partial charge is 0.293 e. The lowest BCUT2D eigenvalue weighted by molar-refractivity contribution is -0.138. The Morgan fingerprint density at radius 3 is 2.65 bits per heavy atom. The van der Waals surface area contributed by atoms with E-state index in [1.54, 1.807) is 0 Å². The molecule has 5 nitrogen and oxygen atoms in total. The van der Waals surface area contributed by atoms with Crippen LogP contribution in [-0.4, -0.2) is 36.9 Å². The Hall–Kier alpha value is -1.82. The predicted molar refractivity (Wildman–Crippen MR) is 86.1 cm³/mol.